The Morgan fingerprint density at radius 2 is 2.21 bits per heavy atom. The third-order valence-corrected chi connectivity index (χ3v) is 2.70. The van der Waals surface area contributed by atoms with E-state index in [4.69, 9.17) is 0 Å². The molecule has 0 saturated carbocycles. The van der Waals surface area contributed by atoms with E-state index in [9.17, 15) is 9.18 Å². The van der Waals surface area contributed by atoms with E-state index >= 15 is 0 Å². The molecule has 2 heterocycles. The number of hydrogen-bond acceptors (Lipinski definition) is 5. The van der Waals surface area contributed by atoms with Crippen LogP contribution in [0.2, 0.25) is 0 Å². The van der Waals surface area contributed by atoms with Crippen LogP contribution in [0.1, 0.15) is 38.4 Å². The highest BCUT2D eigenvalue weighted by molar-refractivity contribution is 5.77. The highest BCUT2D eigenvalue weighted by Crippen LogP contribution is 2.07. The molecule has 0 N–H and O–H groups in total. The average molecular weight is 266 g/mol. The molecule has 0 radical (unpaired) electrons. The first-order valence-electron chi connectivity index (χ1n) is 6.23. The van der Waals surface area contributed by atoms with E-state index in [1.54, 1.807) is 0 Å². The maximum atomic E-state index is 13.1. The molecule has 0 aliphatic heterocycles. The largest absolute Gasteiger partial charge is 0.372 e. The minimum atomic E-state index is -0.904. The SMILES string of the molecule is CCCCCCc1nc(F)nn1C(=O)n1cncn1. The summed E-state index contributed by atoms with van der Waals surface area (Å²) in [6, 6.07) is -0.584. The van der Waals surface area contributed by atoms with Crippen molar-refractivity contribution in [1.82, 2.24) is 29.5 Å². The first-order chi connectivity index (χ1) is 9.22. The molecule has 2 aromatic rings. The average Bonchev–Trinajstić information content (AvgIpc) is 3.03. The van der Waals surface area contributed by atoms with Crippen LogP contribution in [-0.2, 0) is 6.42 Å². The molecule has 0 atom stereocenters. The number of unbranched alkanes of at least 4 members (excludes halogenated alkanes) is 3. The minimum Gasteiger partial charge on any atom is -0.243 e. The second-order valence-corrected chi connectivity index (χ2v) is 4.14. The summed E-state index contributed by atoms with van der Waals surface area (Å²) in [7, 11) is 0. The van der Waals surface area contributed by atoms with Gasteiger partial charge in [-0.3, -0.25) is 0 Å². The third kappa shape index (κ3) is 3.21. The Morgan fingerprint density at radius 1 is 1.37 bits per heavy atom. The molecule has 0 fully saturated rings. The number of hydrogen-bond donors (Lipinski definition) is 0. The Labute approximate surface area is 109 Å². The number of aromatic nitrogens is 6. The summed E-state index contributed by atoms with van der Waals surface area (Å²) < 4.78 is 15.1. The van der Waals surface area contributed by atoms with Crippen molar-refractivity contribution in [3.63, 3.8) is 0 Å². The predicted molar refractivity (Wildman–Crippen MR) is 64.0 cm³/mol. The summed E-state index contributed by atoms with van der Waals surface area (Å²) >= 11 is 0. The molecule has 19 heavy (non-hydrogen) atoms. The monoisotopic (exact) mass is 266 g/mol. The van der Waals surface area contributed by atoms with Crippen molar-refractivity contribution in [3.8, 4) is 0 Å². The van der Waals surface area contributed by atoms with Gasteiger partial charge in [0, 0.05) is 6.42 Å². The van der Waals surface area contributed by atoms with Crippen LogP contribution in [0.25, 0.3) is 0 Å². The first-order valence-corrected chi connectivity index (χ1v) is 6.23. The summed E-state index contributed by atoms with van der Waals surface area (Å²) in [5, 5.41) is 7.16. The topological polar surface area (TPSA) is 78.5 Å². The Balaban J connectivity index is 2.10. The van der Waals surface area contributed by atoms with E-state index in [-0.39, 0.29) is 0 Å². The number of carbonyl (C=O) groups excluding carboxylic acids is 1. The summed E-state index contributed by atoms with van der Waals surface area (Å²) in [6.45, 7) is 2.11. The lowest BCUT2D eigenvalue weighted by atomic mass is 10.1. The van der Waals surface area contributed by atoms with Crippen molar-refractivity contribution in [2.75, 3.05) is 0 Å². The minimum absolute atomic E-state index is 0.314. The lowest BCUT2D eigenvalue weighted by Crippen LogP contribution is -2.23. The molecule has 102 valence electrons. The van der Waals surface area contributed by atoms with Gasteiger partial charge in [-0.15, -0.1) is 5.10 Å². The van der Waals surface area contributed by atoms with Gasteiger partial charge in [0.2, 0.25) is 0 Å². The van der Waals surface area contributed by atoms with Gasteiger partial charge in [-0.2, -0.15) is 23.8 Å². The molecule has 0 saturated heterocycles. The smallest absolute Gasteiger partial charge is 0.243 e. The number of carbonyl (C=O) groups is 1. The molecule has 0 unspecified atom stereocenters. The molecular formula is C11H15FN6O. The van der Waals surface area contributed by atoms with Crippen molar-refractivity contribution < 1.29 is 9.18 Å². The van der Waals surface area contributed by atoms with E-state index < -0.39 is 12.1 Å². The fourth-order valence-corrected chi connectivity index (χ4v) is 1.75. The van der Waals surface area contributed by atoms with Crippen molar-refractivity contribution in [2.24, 2.45) is 0 Å². The van der Waals surface area contributed by atoms with Gasteiger partial charge >= 0.3 is 12.1 Å². The summed E-state index contributed by atoms with van der Waals surface area (Å²) in [5.41, 5.74) is 0. The van der Waals surface area contributed by atoms with Crippen molar-refractivity contribution in [2.45, 2.75) is 39.0 Å². The summed E-state index contributed by atoms with van der Waals surface area (Å²) in [5.74, 6) is 0.314. The molecule has 2 aromatic heterocycles. The fourth-order valence-electron chi connectivity index (χ4n) is 1.75. The van der Waals surface area contributed by atoms with Crippen LogP contribution in [-0.4, -0.2) is 35.6 Å². The molecule has 0 bridgehead atoms. The molecule has 0 amide bonds. The maximum absolute atomic E-state index is 13.1. The van der Waals surface area contributed by atoms with Crippen LogP contribution < -0.4 is 0 Å². The van der Waals surface area contributed by atoms with Crippen molar-refractivity contribution >= 4 is 6.03 Å². The zero-order valence-electron chi connectivity index (χ0n) is 10.7. The zero-order valence-corrected chi connectivity index (χ0v) is 10.7. The zero-order chi connectivity index (χ0) is 13.7. The normalized spacial score (nSPS) is 10.8. The van der Waals surface area contributed by atoms with Gasteiger partial charge < -0.3 is 0 Å². The Bertz CT molecular complexity index is 535. The van der Waals surface area contributed by atoms with Crippen molar-refractivity contribution in [1.29, 1.82) is 0 Å². The molecule has 8 heteroatoms. The lowest BCUT2D eigenvalue weighted by molar-refractivity contribution is 0.236. The standard InChI is InChI=1S/C11H15FN6O/c1-2-3-4-5-6-9-15-10(12)16-18(9)11(19)17-8-13-7-14-17/h7-8H,2-6H2,1H3. The van der Waals surface area contributed by atoms with E-state index in [1.807, 2.05) is 0 Å². The van der Waals surface area contributed by atoms with Gasteiger partial charge in [0.15, 0.2) is 0 Å². The number of rotatable bonds is 5. The van der Waals surface area contributed by atoms with Gasteiger partial charge in [-0.05, 0) is 6.42 Å². The number of aryl methyl sites for hydroxylation is 1. The van der Waals surface area contributed by atoms with Crippen LogP contribution in [0.15, 0.2) is 12.7 Å². The van der Waals surface area contributed by atoms with Gasteiger partial charge in [0.1, 0.15) is 18.5 Å². The van der Waals surface area contributed by atoms with Crippen LogP contribution in [0.4, 0.5) is 9.18 Å². The van der Waals surface area contributed by atoms with Crippen LogP contribution in [0.3, 0.4) is 0 Å². The van der Waals surface area contributed by atoms with Gasteiger partial charge in [-0.1, -0.05) is 26.2 Å². The lowest BCUT2D eigenvalue weighted by Gasteiger charge is -2.03. The maximum Gasteiger partial charge on any atom is 0.372 e. The second-order valence-electron chi connectivity index (χ2n) is 4.14. The van der Waals surface area contributed by atoms with Crippen LogP contribution >= 0.6 is 0 Å². The highest BCUT2D eigenvalue weighted by Gasteiger charge is 2.17. The quantitative estimate of drug-likeness (QED) is 0.769. The molecule has 0 aromatic carbocycles. The van der Waals surface area contributed by atoms with E-state index in [0.29, 0.717) is 12.2 Å². The fraction of sp³-hybridized carbons (Fsp3) is 0.545. The number of nitrogens with zero attached hydrogens (tertiary/aromatic N) is 6. The molecule has 0 aliphatic carbocycles. The van der Waals surface area contributed by atoms with Crippen LogP contribution in [0.5, 0.6) is 0 Å². The Hall–Kier alpha value is -2.12. The third-order valence-electron chi connectivity index (χ3n) is 2.70. The van der Waals surface area contributed by atoms with Gasteiger partial charge in [0.05, 0.1) is 0 Å². The second kappa shape index (κ2) is 6.17. The van der Waals surface area contributed by atoms with E-state index in [1.165, 1.54) is 12.7 Å². The predicted octanol–water partition coefficient (Wildman–Crippen LogP) is 1.65. The summed E-state index contributed by atoms with van der Waals surface area (Å²) in [4.78, 5) is 19.3. The van der Waals surface area contributed by atoms with Crippen molar-refractivity contribution in [3.05, 3.63) is 24.6 Å². The first kappa shape index (κ1) is 13.3. The molecule has 2 rings (SSSR count). The molecule has 0 aliphatic rings. The van der Waals surface area contributed by atoms with Crippen LogP contribution in [0, 0.1) is 6.08 Å². The van der Waals surface area contributed by atoms with E-state index in [2.05, 4.69) is 27.1 Å². The number of halogens is 1. The molecular weight excluding hydrogens is 251 g/mol. The molecule has 0 spiro atoms. The Morgan fingerprint density at radius 3 is 2.89 bits per heavy atom. The van der Waals surface area contributed by atoms with E-state index in [0.717, 1.165) is 35.0 Å². The summed E-state index contributed by atoms with van der Waals surface area (Å²) in [6.07, 6.45) is 6.15. The highest BCUT2D eigenvalue weighted by atomic mass is 19.1. The Kier molecular flexibility index (Phi) is 4.32. The molecule has 7 nitrogen and oxygen atoms in total. The van der Waals surface area contributed by atoms with Gasteiger partial charge in [0.25, 0.3) is 0 Å². The van der Waals surface area contributed by atoms with Gasteiger partial charge in [-0.25, -0.2) is 9.78 Å².